The molecule has 0 saturated carbocycles. The summed E-state index contributed by atoms with van der Waals surface area (Å²) in [6.45, 7) is 0. The predicted molar refractivity (Wildman–Crippen MR) is 65.2 cm³/mol. The van der Waals surface area contributed by atoms with E-state index in [1.807, 2.05) is 0 Å². The van der Waals surface area contributed by atoms with Crippen molar-refractivity contribution in [2.45, 2.75) is 0 Å². The normalized spacial score (nSPS) is 5.77. The third kappa shape index (κ3) is 478. The molecule has 0 N–H and O–H groups in total. The van der Waals surface area contributed by atoms with E-state index in [2.05, 4.69) is 75.8 Å². The maximum atomic E-state index is 9.12. The predicted octanol–water partition coefficient (Wildman–Crippen LogP) is 1.75. The van der Waals surface area contributed by atoms with Gasteiger partial charge in [-0.05, 0) is 0 Å². The largest absolute Gasteiger partial charge is 3.00 e. The molecule has 0 aliphatic carbocycles. The second kappa shape index (κ2) is 19.6. The van der Waals surface area contributed by atoms with E-state index in [1.54, 1.807) is 0 Å². The van der Waals surface area contributed by atoms with Crippen molar-refractivity contribution < 1.29 is 55.2 Å². The third-order valence-electron chi connectivity index (χ3n) is 0. The van der Waals surface area contributed by atoms with Crippen molar-refractivity contribution in [3.05, 3.63) is 0 Å². The average Bonchev–Trinajstić information content (AvgIpc) is 1.54. The molecule has 10 heteroatoms. The molecule has 0 amide bonds. The van der Waals surface area contributed by atoms with E-state index in [1.165, 1.54) is 0 Å². The Morgan fingerprint density at radius 2 is 0.692 bits per heavy atom. The van der Waals surface area contributed by atoms with Crippen LogP contribution in [0.25, 0.3) is 0 Å². The Bertz CT molecular complexity index is 121. The molecule has 0 aliphatic rings. The van der Waals surface area contributed by atoms with Crippen molar-refractivity contribution in [3.63, 3.8) is 0 Å². The van der Waals surface area contributed by atoms with Crippen molar-refractivity contribution in [1.29, 1.82) is 0 Å². The second-order valence-corrected chi connectivity index (χ2v) is 4.04. The zero-order valence-electron chi connectivity index (χ0n) is 5.79. The molecule has 3 nitrogen and oxygen atoms in total. The summed E-state index contributed by atoms with van der Waals surface area (Å²) >= 11 is 21.0. The molecule has 0 atom stereocenters. The average molecular weight is 424 g/mol. The van der Waals surface area contributed by atoms with Crippen molar-refractivity contribution in [1.82, 2.24) is 0 Å². The van der Waals surface area contributed by atoms with Gasteiger partial charge < -0.3 is 52.3 Å². The van der Waals surface area contributed by atoms with E-state index >= 15 is 0 Å². The molecule has 0 bridgehead atoms. The Labute approximate surface area is 142 Å². The molecule has 0 rings (SSSR count). The summed E-state index contributed by atoms with van der Waals surface area (Å²) in [6, 6.07) is 0. The Morgan fingerprint density at radius 3 is 0.692 bits per heavy atom. The first kappa shape index (κ1) is 24.3. The smallest absolute Gasteiger partial charge is 0.731 e. The number of thiol groups is 3. The number of hydrogen-bond acceptors (Lipinski definition) is 6. The quantitative estimate of drug-likeness (QED) is 0.408. The van der Waals surface area contributed by atoms with Crippen molar-refractivity contribution in [2.24, 2.45) is 0 Å². The fraction of sp³-hybridized carbons (Fsp3) is 0. The fourth-order valence-electron chi connectivity index (χ4n) is 0. The second-order valence-electron chi connectivity index (χ2n) is 0.798. The molecular formula is C3H3NdO3S6. The van der Waals surface area contributed by atoms with Gasteiger partial charge in [0.15, 0.2) is 0 Å². The number of rotatable bonds is 0. The molecule has 13 heavy (non-hydrogen) atoms. The van der Waals surface area contributed by atoms with Crippen LogP contribution in [0.2, 0.25) is 0 Å². The molecule has 0 spiro atoms. The minimum Gasteiger partial charge on any atom is -0.731 e. The molecule has 0 aromatic rings. The molecule has 0 saturated heterocycles. The van der Waals surface area contributed by atoms with Crippen LogP contribution in [0.15, 0.2) is 0 Å². The van der Waals surface area contributed by atoms with E-state index in [0.717, 1.165) is 0 Å². The van der Waals surface area contributed by atoms with Crippen LogP contribution >= 0.6 is 37.9 Å². The van der Waals surface area contributed by atoms with E-state index in [9.17, 15) is 0 Å². The van der Waals surface area contributed by atoms with Crippen LogP contribution in [0, 0.1) is 40.8 Å². The molecule has 0 aromatic carbocycles. The summed E-state index contributed by atoms with van der Waals surface area (Å²) in [7, 11) is 0. The van der Waals surface area contributed by atoms with E-state index < -0.39 is 13.3 Å². The summed E-state index contributed by atoms with van der Waals surface area (Å²) < 4.78 is -1.67. The fourth-order valence-corrected chi connectivity index (χ4v) is 0. The van der Waals surface area contributed by atoms with Crippen molar-refractivity contribution >= 4 is 89.1 Å². The zero-order chi connectivity index (χ0) is 10.7. The van der Waals surface area contributed by atoms with Gasteiger partial charge in [0, 0.05) is 0 Å². The van der Waals surface area contributed by atoms with E-state index in [-0.39, 0.29) is 40.8 Å². The number of hydrogen-bond donors (Lipinski definition) is 3. The molecule has 0 heterocycles. The summed E-state index contributed by atoms with van der Waals surface area (Å²) in [4.78, 5) is 27.4. The van der Waals surface area contributed by atoms with Gasteiger partial charge >= 0.3 is 40.8 Å². The first-order valence-corrected chi connectivity index (χ1v) is 4.46. The van der Waals surface area contributed by atoms with Crippen LogP contribution in [0.5, 0.6) is 0 Å². The Kier molecular flexibility index (Phi) is 36.7. The molecule has 0 unspecified atom stereocenters. The van der Waals surface area contributed by atoms with Gasteiger partial charge in [0.05, 0.1) is 13.3 Å². The maximum Gasteiger partial charge on any atom is 3.00 e. The summed E-state index contributed by atoms with van der Waals surface area (Å²) in [5, 5.41) is 0. The molecule has 0 aromatic heterocycles. The summed E-state index contributed by atoms with van der Waals surface area (Å²) in [5.41, 5.74) is 0. The summed E-state index contributed by atoms with van der Waals surface area (Å²) in [6.07, 6.45) is 0. The van der Waals surface area contributed by atoms with Crippen LogP contribution in [-0.4, -0.2) is 13.3 Å². The molecule has 0 aliphatic heterocycles. The van der Waals surface area contributed by atoms with Crippen molar-refractivity contribution in [3.8, 4) is 0 Å². The molecular weight excluding hydrogens is 421 g/mol. The Morgan fingerprint density at radius 1 is 0.692 bits per heavy atom. The minimum absolute atomic E-state index is 0. The van der Waals surface area contributed by atoms with Gasteiger partial charge in [0.25, 0.3) is 0 Å². The first-order valence-electron chi connectivity index (χ1n) is 1.90. The van der Waals surface area contributed by atoms with Crippen LogP contribution < -0.4 is 0 Å². The van der Waals surface area contributed by atoms with E-state index in [0.29, 0.717) is 0 Å². The monoisotopic (exact) mass is 421 g/mol. The van der Waals surface area contributed by atoms with Gasteiger partial charge in [-0.15, -0.1) is 37.9 Å². The van der Waals surface area contributed by atoms with Crippen LogP contribution in [0.1, 0.15) is 0 Å². The minimum atomic E-state index is -0.556. The maximum absolute atomic E-state index is 9.12. The summed E-state index contributed by atoms with van der Waals surface area (Å²) in [5.74, 6) is 0. The first-order chi connectivity index (χ1) is 5.20. The van der Waals surface area contributed by atoms with Gasteiger partial charge in [0.2, 0.25) is 0 Å². The third-order valence-corrected chi connectivity index (χ3v) is 0. The van der Waals surface area contributed by atoms with Gasteiger partial charge in [-0.25, -0.2) is 0 Å². The number of carbonyl (C=O) groups is 3. The van der Waals surface area contributed by atoms with Crippen molar-refractivity contribution in [2.75, 3.05) is 0 Å². The molecule has 1 radical (unpaired) electrons. The molecule has 73 valence electrons. The Hall–Kier alpha value is 2.07. The van der Waals surface area contributed by atoms with E-state index in [4.69, 9.17) is 14.4 Å². The number of carbonyl (C=O) groups excluding carboxylic acids is 3. The van der Waals surface area contributed by atoms with Crippen LogP contribution in [0.4, 0.5) is 14.4 Å². The molecule has 0 fully saturated rings. The van der Waals surface area contributed by atoms with Gasteiger partial charge in [-0.2, -0.15) is 0 Å². The van der Waals surface area contributed by atoms with Gasteiger partial charge in [-0.1, -0.05) is 0 Å². The SMILES string of the molecule is O=C([S-])S.O=C([S-])S.O=C([S-])S.[Nd+3]. The Balaban J connectivity index is -0.0000000450. The van der Waals surface area contributed by atoms with Crippen LogP contribution in [0.3, 0.4) is 0 Å². The van der Waals surface area contributed by atoms with Crippen LogP contribution in [-0.2, 0) is 37.9 Å². The standard InChI is InChI=1S/3CH2OS2.Nd/c3*2-1(3)4;/h3*(H2,2,3,4);/q;;;+3/p-3. The zero-order valence-corrected chi connectivity index (χ0v) is 14.1. The topological polar surface area (TPSA) is 51.2 Å². The van der Waals surface area contributed by atoms with Gasteiger partial charge in [-0.3, -0.25) is 0 Å². The van der Waals surface area contributed by atoms with Gasteiger partial charge in [0.1, 0.15) is 0 Å².